The molecule has 0 aliphatic carbocycles. The molecule has 2 aromatic rings. The monoisotopic (exact) mass is 272 g/mol. The summed E-state index contributed by atoms with van der Waals surface area (Å²) < 4.78 is 0. The van der Waals surface area contributed by atoms with Crippen LogP contribution < -0.4 is 10.6 Å². The molecule has 20 heavy (non-hydrogen) atoms. The molecular formula is C12H12N6O2. The van der Waals surface area contributed by atoms with E-state index in [1.54, 1.807) is 29.2 Å². The van der Waals surface area contributed by atoms with Crippen LogP contribution in [0.1, 0.15) is 6.42 Å². The SMILES string of the molecule is NC(=O)C1CC(=O)N(c2ccc(-c3nn[nH]n3)cc2)C1. The molecule has 0 bridgehead atoms. The number of amides is 2. The van der Waals surface area contributed by atoms with Gasteiger partial charge in [-0.15, -0.1) is 10.2 Å². The maximum atomic E-state index is 11.9. The number of hydrogen-bond acceptors (Lipinski definition) is 5. The van der Waals surface area contributed by atoms with Gasteiger partial charge in [-0.05, 0) is 29.5 Å². The van der Waals surface area contributed by atoms with Gasteiger partial charge in [0.05, 0.1) is 5.92 Å². The van der Waals surface area contributed by atoms with Crippen LogP contribution in [-0.4, -0.2) is 39.0 Å². The number of nitrogens with one attached hydrogen (secondary N) is 1. The topological polar surface area (TPSA) is 118 Å². The largest absolute Gasteiger partial charge is 0.369 e. The molecule has 1 saturated heterocycles. The van der Waals surface area contributed by atoms with Gasteiger partial charge in [0.1, 0.15) is 0 Å². The van der Waals surface area contributed by atoms with Gasteiger partial charge in [0, 0.05) is 24.2 Å². The molecule has 2 amide bonds. The molecule has 2 heterocycles. The van der Waals surface area contributed by atoms with E-state index in [2.05, 4.69) is 20.6 Å². The van der Waals surface area contributed by atoms with Gasteiger partial charge in [-0.1, -0.05) is 0 Å². The first-order valence-electron chi connectivity index (χ1n) is 6.08. The van der Waals surface area contributed by atoms with Crippen molar-refractivity contribution in [3.05, 3.63) is 24.3 Å². The van der Waals surface area contributed by atoms with E-state index >= 15 is 0 Å². The zero-order valence-corrected chi connectivity index (χ0v) is 10.5. The number of benzene rings is 1. The number of aromatic amines is 1. The lowest BCUT2D eigenvalue weighted by atomic mass is 10.1. The number of rotatable bonds is 3. The van der Waals surface area contributed by atoms with E-state index in [1.807, 2.05) is 0 Å². The van der Waals surface area contributed by atoms with Crippen molar-refractivity contribution in [3.63, 3.8) is 0 Å². The smallest absolute Gasteiger partial charge is 0.227 e. The number of H-pyrrole nitrogens is 1. The van der Waals surface area contributed by atoms with E-state index in [0.717, 1.165) is 11.3 Å². The number of primary amides is 1. The fourth-order valence-corrected chi connectivity index (χ4v) is 2.22. The second-order valence-corrected chi connectivity index (χ2v) is 4.59. The molecule has 0 radical (unpaired) electrons. The molecule has 3 N–H and O–H groups in total. The maximum Gasteiger partial charge on any atom is 0.227 e. The highest BCUT2D eigenvalue weighted by Crippen LogP contribution is 2.26. The van der Waals surface area contributed by atoms with Gasteiger partial charge in [0.2, 0.25) is 17.6 Å². The van der Waals surface area contributed by atoms with Crippen LogP contribution in [0.15, 0.2) is 24.3 Å². The first-order valence-corrected chi connectivity index (χ1v) is 6.08. The van der Waals surface area contributed by atoms with E-state index in [-0.39, 0.29) is 12.3 Å². The number of carbonyl (C=O) groups excluding carboxylic acids is 2. The minimum Gasteiger partial charge on any atom is -0.369 e. The lowest BCUT2D eigenvalue weighted by Crippen LogP contribution is -2.28. The van der Waals surface area contributed by atoms with Crippen molar-refractivity contribution in [2.75, 3.05) is 11.4 Å². The van der Waals surface area contributed by atoms with Crippen molar-refractivity contribution in [2.24, 2.45) is 11.7 Å². The van der Waals surface area contributed by atoms with Crippen LogP contribution in [-0.2, 0) is 9.59 Å². The molecule has 1 unspecified atom stereocenters. The first-order chi connectivity index (χ1) is 9.65. The highest BCUT2D eigenvalue weighted by Gasteiger charge is 2.33. The number of carbonyl (C=O) groups is 2. The third-order valence-corrected chi connectivity index (χ3v) is 3.31. The predicted molar refractivity (Wildman–Crippen MR) is 69.3 cm³/mol. The average Bonchev–Trinajstić information content (AvgIpc) is 3.08. The maximum absolute atomic E-state index is 11.9. The number of hydrogen-bond donors (Lipinski definition) is 2. The van der Waals surface area contributed by atoms with Crippen LogP contribution >= 0.6 is 0 Å². The number of tetrazole rings is 1. The summed E-state index contributed by atoms with van der Waals surface area (Å²) in [6.07, 6.45) is 0.169. The van der Waals surface area contributed by atoms with Gasteiger partial charge < -0.3 is 10.6 Å². The molecule has 1 aliphatic heterocycles. The summed E-state index contributed by atoms with van der Waals surface area (Å²) in [5.74, 6) is -0.468. The lowest BCUT2D eigenvalue weighted by Gasteiger charge is -2.16. The van der Waals surface area contributed by atoms with Gasteiger partial charge in [-0.25, -0.2) is 0 Å². The van der Waals surface area contributed by atoms with Crippen LogP contribution in [0.2, 0.25) is 0 Å². The van der Waals surface area contributed by atoms with E-state index < -0.39 is 11.8 Å². The van der Waals surface area contributed by atoms with Crippen molar-refractivity contribution >= 4 is 17.5 Å². The van der Waals surface area contributed by atoms with Crippen LogP contribution in [0, 0.1) is 5.92 Å². The van der Waals surface area contributed by atoms with Crippen LogP contribution in [0.4, 0.5) is 5.69 Å². The van der Waals surface area contributed by atoms with Gasteiger partial charge >= 0.3 is 0 Å². The summed E-state index contributed by atoms with van der Waals surface area (Å²) in [5, 5.41) is 13.6. The Hall–Kier alpha value is -2.77. The summed E-state index contributed by atoms with van der Waals surface area (Å²) in [6.45, 7) is 0.329. The van der Waals surface area contributed by atoms with E-state index in [1.165, 1.54) is 0 Å². The first kappa shape index (κ1) is 12.3. The molecule has 102 valence electrons. The standard InChI is InChI=1S/C12H12N6O2/c13-11(20)8-5-10(19)18(6-8)9-3-1-7(2-4-9)12-14-16-17-15-12/h1-4,8H,5-6H2,(H2,13,20)(H,14,15,16,17). The third-order valence-electron chi connectivity index (χ3n) is 3.31. The predicted octanol–water partition coefficient (Wildman–Crippen LogP) is -0.295. The van der Waals surface area contributed by atoms with Gasteiger partial charge in [-0.3, -0.25) is 9.59 Å². The summed E-state index contributed by atoms with van der Waals surface area (Å²) in [6, 6.07) is 7.16. The van der Waals surface area contributed by atoms with Crippen molar-refractivity contribution in [1.29, 1.82) is 0 Å². The number of aromatic nitrogens is 4. The molecule has 8 nitrogen and oxygen atoms in total. The molecule has 8 heteroatoms. The van der Waals surface area contributed by atoms with Gasteiger partial charge in [0.15, 0.2) is 0 Å². The third kappa shape index (κ3) is 2.11. The lowest BCUT2D eigenvalue weighted by molar-refractivity contribution is -0.123. The Morgan fingerprint density at radius 2 is 2.10 bits per heavy atom. The number of nitrogens with zero attached hydrogens (tertiary/aromatic N) is 4. The Labute approximate surface area is 114 Å². The minimum atomic E-state index is -0.440. The second-order valence-electron chi connectivity index (χ2n) is 4.59. The highest BCUT2D eigenvalue weighted by atomic mass is 16.2. The molecule has 1 aliphatic rings. The molecular weight excluding hydrogens is 260 g/mol. The Balaban J connectivity index is 1.82. The second kappa shape index (κ2) is 4.72. The van der Waals surface area contributed by atoms with Crippen molar-refractivity contribution < 1.29 is 9.59 Å². The average molecular weight is 272 g/mol. The van der Waals surface area contributed by atoms with Gasteiger partial charge in [0.25, 0.3) is 0 Å². The number of nitrogens with two attached hydrogens (primary N) is 1. The molecule has 0 saturated carbocycles. The van der Waals surface area contributed by atoms with E-state index in [0.29, 0.717) is 12.4 Å². The highest BCUT2D eigenvalue weighted by molar-refractivity contribution is 6.00. The van der Waals surface area contributed by atoms with E-state index in [9.17, 15) is 9.59 Å². The van der Waals surface area contributed by atoms with Crippen LogP contribution in [0.3, 0.4) is 0 Å². The summed E-state index contributed by atoms with van der Waals surface area (Å²) >= 11 is 0. The Bertz CT molecular complexity index is 636. The Morgan fingerprint density at radius 3 is 2.65 bits per heavy atom. The molecule has 0 spiro atoms. The minimum absolute atomic E-state index is 0.0962. The zero-order chi connectivity index (χ0) is 14.1. The Kier molecular flexibility index (Phi) is 2.90. The Morgan fingerprint density at radius 1 is 1.35 bits per heavy atom. The van der Waals surface area contributed by atoms with Gasteiger partial charge in [-0.2, -0.15) is 5.21 Å². The zero-order valence-electron chi connectivity index (χ0n) is 10.5. The fourth-order valence-electron chi connectivity index (χ4n) is 2.22. The molecule has 1 aromatic heterocycles. The fraction of sp³-hybridized carbons (Fsp3) is 0.250. The molecule has 3 rings (SSSR count). The summed E-state index contributed by atoms with van der Waals surface area (Å²) in [4.78, 5) is 24.6. The summed E-state index contributed by atoms with van der Waals surface area (Å²) in [7, 11) is 0. The van der Waals surface area contributed by atoms with Crippen molar-refractivity contribution in [3.8, 4) is 11.4 Å². The molecule has 1 aromatic carbocycles. The van der Waals surface area contributed by atoms with Crippen molar-refractivity contribution in [2.45, 2.75) is 6.42 Å². The normalized spacial score (nSPS) is 18.5. The molecule has 1 fully saturated rings. The van der Waals surface area contributed by atoms with Crippen molar-refractivity contribution in [1.82, 2.24) is 20.6 Å². The molecule has 1 atom stereocenters. The quantitative estimate of drug-likeness (QED) is 0.795. The number of anilines is 1. The van der Waals surface area contributed by atoms with Crippen LogP contribution in [0.5, 0.6) is 0 Å². The summed E-state index contributed by atoms with van der Waals surface area (Å²) in [5.41, 5.74) is 6.76. The van der Waals surface area contributed by atoms with E-state index in [4.69, 9.17) is 5.73 Å². The van der Waals surface area contributed by atoms with Crippen LogP contribution in [0.25, 0.3) is 11.4 Å².